The van der Waals surface area contributed by atoms with Crippen LogP contribution in [-0.4, -0.2) is 55.0 Å². The maximum atomic E-state index is 8.12. The molecule has 4 heavy (non-hydrogen) atoms. The molecule has 0 rings (SSSR count). The SMILES string of the molecule is O=C=O.[Ba]. The summed E-state index contributed by atoms with van der Waals surface area (Å²) in [6, 6.07) is 0. The minimum Gasteiger partial charge on any atom is -0.186 e. The number of hydrogen-bond donors (Lipinski definition) is 0. The molecule has 0 aliphatic rings. The van der Waals surface area contributed by atoms with Crippen LogP contribution in [0.25, 0.3) is 0 Å². The molecule has 18 valence electrons. The Morgan fingerprint density at radius 1 is 1.25 bits per heavy atom. The molecule has 3 heteroatoms. The predicted octanol–water partition coefficient (Wildman–Crippen LogP) is -0.964. The summed E-state index contributed by atoms with van der Waals surface area (Å²) >= 11 is 0. The molecular formula is CBaO2. The molecule has 0 heterocycles. The van der Waals surface area contributed by atoms with Crippen LogP contribution in [0.15, 0.2) is 0 Å². The molecule has 0 saturated heterocycles. The van der Waals surface area contributed by atoms with Gasteiger partial charge in [0.1, 0.15) is 0 Å². The summed E-state index contributed by atoms with van der Waals surface area (Å²) in [6.45, 7) is 0. The van der Waals surface area contributed by atoms with Gasteiger partial charge < -0.3 is 0 Å². The van der Waals surface area contributed by atoms with Crippen LogP contribution >= 0.6 is 0 Å². The van der Waals surface area contributed by atoms with E-state index in [4.69, 9.17) is 9.59 Å². The van der Waals surface area contributed by atoms with E-state index in [2.05, 4.69) is 0 Å². The van der Waals surface area contributed by atoms with Crippen molar-refractivity contribution in [2.24, 2.45) is 0 Å². The van der Waals surface area contributed by atoms with E-state index in [-0.39, 0.29) is 55.0 Å². The van der Waals surface area contributed by atoms with Crippen molar-refractivity contribution < 1.29 is 9.59 Å². The zero-order valence-electron chi connectivity index (χ0n) is 2.02. The van der Waals surface area contributed by atoms with E-state index in [0.29, 0.717) is 0 Å². The van der Waals surface area contributed by atoms with Crippen LogP contribution in [0.2, 0.25) is 0 Å². The van der Waals surface area contributed by atoms with E-state index >= 15 is 0 Å². The van der Waals surface area contributed by atoms with E-state index in [1.54, 1.807) is 0 Å². The molecule has 0 aromatic heterocycles. The molecule has 0 aliphatic carbocycles. The normalized spacial score (nSPS) is 2.00. The van der Waals surface area contributed by atoms with Gasteiger partial charge in [-0.3, -0.25) is 0 Å². The van der Waals surface area contributed by atoms with Gasteiger partial charge in [-0.2, -0.15) is 9.59 Å². The average Bonchev–Trinajstić information content (AvgIpc) is 0.918. The largest absolute Gasteiger partial charge is 0.373 e. The second-order valence-electron chi connectivity index (χ2n) is 0.0833. The van der Waals surface area contributed by atoms with Crippen molar-refractivity contribution in [3.05, 3.63) is 0 Å². The van der Waals surface area contributed by atoms with Gasteiger partial charge in [-0.25, -0.2) is 0 Å². The number of hydrogen-bond acceptors (Lipinski definition) is 2. The van der Waals surface area contributed by atoms with Crippen LogP contribution in [0.1, 0.15) is 0 Å². The molecule has 0 bridgehead atoms. The maximum Gasteiger partial charge on any atom is 0.373 e. The Balaban J connectivity index is 0. The average molecular weight is 181 g/mol. The Morgan fingerprint density at radius 3 is 1.25 bits per heavy atom. The topological polar surface area (TPSA) is 34.1 Å². The van der Waals surface area contributed by atoms with Crippen molar-refractivity contribution >= 4 is 55.0 Å². The van der Waals surface area contributed by atoms with Gasteiger partial charge in [0.15, 0.2) is 0 Å². The molecule has 0 aliphatic heterocycles. The molecule has 0 saturated carbocycles. The Kier molecular flexibility index (Phi) is 20.1. The third kappa shape index (κ3) is 12.4. The third-order valence-corrected chi connectivity index (χ3v) is 0. The van der Waals surface area contributed by atoms with Crippen LogP contribution in [0.4, 0.5) is 0 Å². The molecule has 0 amide bonds. The number of carbonyl (C=O) groups excluding carboxylic acids is 2. The Hall–Kier alpha value is 0.951. The zero-order chi connectivity index (χ0) is 2.71. The minimum atomic E-state index is 0. The summed E-state index contributed by atoms with van der Waals surface area (Å²) in [5.41, 5.74) is 0. The monoisotopic (exact) mass is 182 g/mol. The summed E-state index contributed by atoms with van der Waals surface area (Å²) in [5, 5.41) is 0. The first-order chi connectivity index (χ1) is 1.41. The van der Waals surface area contributed by atoms with Crippen molar-refractivity contribution in [2.45, 2.75) is 0 Å². The van der Waals surface area contributed by atoms with Crippen molar-refractivity contribution in [2.75, 3.05) is 0 Å². The zero-order valence-corrected chi connectivity index (χ0v) is 6.46. The van der Waals surface area contributed by atoms with Crippen molar-refractivity contribution in [3.8, 4) is 0 Å². The second-order valence-corrected chi connectivity index (χ2v) is 0.0833. The van der Waals surface area contributed by atoms with Gasteiger partial charge in [-0.05, 0) is 0 Å². The summed E-state index contributed by atoms with van der Waals surface area (Å²) in [4.78, 5) is 16.2. The van der Waals surface area contributed by atoms with Crippen molar-refractivity contribution in [1.82, 2.24) is 0 Å². The Bertz CT molecular complexity index is 27.0. The van der Waals surface area contributed by atoms with Crippen LogP contribution in [0, 0.1) is 0 Å². The smallest absolute Gasteiger partial charge is 0.186 e. The van der Waals surface area contributed by atoms with Crippen LogP contribution in [-0.2, 0) is 9.59 Å². The standard InChI is InChI=1S/CO2.Ba/c2-1-3;. The molecule has 0 aromatic rings. The maximum absolute atomic E-state index is 8.12. The molecule has 0 N–H and O–H groups in total. The minimum absolute atomic E-state index is 0. The first-order valence-corrected chi connectivity index (χ1v) is 0.408. The Labute approximate surface area is 63.6 Å². The summed E-state index contributed by atoms with van der Waals surface area (Å²) in [5.74, 6) is 0. The first kappa shape index (κ1) is 8.88. The fourth-order valence-electron chi connectivity index (χ4n) is 0. The van der Waals surface area contributed by atoms with Gasteiger partial charge in [0, 0.05) is 48.9 Å². The van der Waals surface area contributed by atoms with E-state index in [1.807, 2.05) is 0 Å². The predicted molar refractivity (Wildman–Crippen MR) is 10.8 cm³/mol. The van der Waals surface area contributed by atoms with E-state index in [9.17, 15) is 0 Å². The van der Waals surface area contributed by atoms with E-state index in [0.717, 1.165) is 0 Å². The second kappa shape index (κ2) is 9.04. The molecule has 2 radical (unpaired) electrons. The van der Waals surface area contributed by atoms with Gasteiger partial charge in [0.25, 0.3) is 0 Å². The molecular weight excluding hydrogens is 181 g/mol. The van der Waals surface area contributed by atoms with Crippen LogP contribution in [0.3, 0.4) is 0 Å². The van der Waals surface area contributed by atoms with Gasteiger partial charge in [-0.15, -0.1) is 0 Å². The molecule has 0 atom stereocenters. The molecule has 0 aromatic carbocycles. The fraction of sp³-hybridized carbons (Fsp3) is 0. The summed E-state index contributed by atoms with van der Waals surface area (Å²) in [7, 11) is 0. The summed E-state index contributed by atoms with van der Waals surface area (Å²) in [6.07, 6.45) is 0.250. The van der Waals surface area contributed by atoms with Gasteiger partial charge in [-0.1, -0.05) is 0 Å². The molecule has 0 fully saturated rings. The Morgan fingerprint density at radius 2 is 1.25 bits per heavy atom. The van der Waals surface area contributed by atoms with Gasteiger partial charge in [0.05, 0.1) is 0 Å². The van der Waals surface area contributed by atoms with Crippen molar-refractivity contribution in [3.63, 3.8) is 0 Å². The van der Waals surface area contributed by atoms with Gasteiger partial charge in [0.2, 0.25) is 0 Å². The first-order valence-electron chi connectivity index (χ1n) is 0.408. The third-order valence-electron chi connectivity index (χ3n) is 0. The van der Waals surface area contributed by atoms with E-state index < -0.39 is 0 Å². The molecule has 2 nitrogen and oxygen atoms in total. The van der Waals surface area contributed by atoms with Crippen LogP contribution in [0.5, 0.6) is 0 Å². The molecule has 0 unspecified atom stereocenters. The van der Waals surface area contributed by atoms with Crippen LogP contribution < -0.4 is 0 Å². The number of rotatable bonds is 0. The summed E-state index contributed by atoms with van der Waals surface area (Å²) < 4.78 is 0. The van der Waals surface area contributed by atoms with E-state index in [1.165, 1.54) is 0 Å². The fourth-order valence-corrected chi connectivity index (χ4v) is 0. The molecule has 0 spiro atoms. The van der Waals surface area contributed by atoms with Gasteiger partial charge >= 0.3 is 6.15 Å². The van der Waals surface area contributed by atoms with Crippen molar-refractivity contribution in [1.29, 1.82) is 0 Å². The quantitative estimate of drug-likeness (QED) is 0.451.